The molecule has 0 aliphatic carbocycles. The highest BCUT2D eigenvalue weighted by Crippen LogP contribution is 2.22. The van der Waals surface area contributed by atoms with Crippen LogP contribution in [0.15, 0.2) is 48.5 Å². The standard InChI is InChI=1S/C20H24O7S/c1-20(2,19(21)22)26-16-11-9-15(10-12-16)6-5-13-25-17-7-4-8-18(14-17)27-28(3,23)24/h4,7-12,14H,5-6,13H2,1-3H3,(H,21,22)/p-1. The van der Waals surface area contributed by atoms with Gasteiger partial charge in [-0.25, -0.2) is 0 Å². The van der Waals surface area contributed by atoms with E-state index in [1.54, 1.807) is 30.3 Å². The Kier molecular flexibility index (Phi) is 6.90. The molecule has 0 atom stereocenters. The average molecular weight is 407 g/mol. The molecule has 2 aromatic rings. The van der Waals surface area contributed by atoms with E-state index < -0.39 is 21.7 Å². The van der Waals surface area contributed by atoms with E-state index in [4.69, 9.17) is 13.7 Å². The van der Waals surface area contributed by atoms with Crippen molar-refractivity contribution >= 4 is 16.1 Å². The van der Waals surface area contributed by atoms with Gasteiger partial charge in [-0.05, 0) is 56.5 Å². The molecule has 0 saturated carbocycles. The fourth-order valence-electron chi connectivity index (χ4n) is 2.32. The number of rotatable bonds is 10. The van der Waals surface area contributed by atoms with Gasteiger partial charge in [-0.3, -0.25) is 0 Å². The number of carboxylic acid groups (broad SMARTS) is 1. The molecule has 0 aliphatic heterocycles. The molecule has 0 saturated heterocycles. The Balaban J connectivity index is 1.81. The number of ether oxygens (including phenoxy) is 2. The van der Waals surface area contributed by atoms with Gasteiger partial charge in [0, 0.05) is 6.07 Å². The summed E-state index contributed by atoms with van der Waals surface area (Å²) in [4.78, 5) is 11.0. The minimum absolute atomic E-state index is 0.204. The van der Waals surface area contributed by atoms with E-state index in [9.17, 15) is 18.3 Å². The van der Waals surface area contributed by atoms with Crippen molar-refractivity contribution in [2.75, 3.05) is 12.9 Å². The highest BCUT2D eigenvalue weighted by molar-refractivity contribution is 7.86. The molecule has 0 heterocycles. The molecule has 2 aromatic carbocycles. The second kappa shape index (κ2) is 8.97. The molecule has 152 valence electrons. The number of hydrogen-bond donors (Lipinski definition) is 0. The first-order valence-electron chi connectivity index (χ1n) is 8.67. The summed E-state index contributed by atoms with van der Waals surface area (Å²) >= 11 is 0. The third-order valence-electron chi connectivity index (χ3n) is 3.72. The molecule has 0 radical (unpaired) electrons. The highest BCUT2D eigenvalue weighted by Gasteiger charge is 2.21. The molecule has 0 fully saturated rings. The van der Waals surface area contributed by atoms with Gasteiger partial charge in [-0.2, -0.15) is 8.42 Å². The third kappa shape index (κ3) is 7.11. The first kappa shape index (κ1) is 21.6. The summed E-state index contributed by atoms with van der Waals surface area (Å²) in [7, 11) is -3.58. The second-order valence-corrected chi connectivity index (χ2v) is 8.33. The highest BCUT2D eigenvalue weighted by atomic mass is 32.2. The smallest absolute Gasteiger partial charge is 0.306 e. The molecule has 0 unspecified atom stereocenters. The van der Waals surface area contributed by atoms with E-state index in [2.05, 4.69) is 0 Å². The zero-order valence-electron chi connectivity index (χ0n) is 16.0. The molecule has 8 heteroatoms. The van der Waals surface area contributed by atoms with Crippen LogP contribution in [0.3, 0.4) is 0 Å². The maximum Gasteiger partial charge on any atom is 0.306 e. The summed E-state index contributed by atoms with van der Waals surface area (Å²) in [6.07, 6.45) is 2.47. The number of hydrogen-bond acceptors (Lipinski definition) is 7. The summed E-state index contributed by atoms with van der Waals surface area (Å²) in [5.74, 6) is -0.0962. The molecule has 0 aromatic heterocycles. The van der Waals surface area contributed by atoms with Gasteiger partial charge in [0.2, 0.25) is 0 Å². The predicted octanol–water partition coefficient (Wildman–Crippen LogP) is 1.94. The van der Waals surface area contributed by atoms with Crippen LogP contribution in [0, 0.1) is 0 Å². The Hall–Kier alpha value is -2.74. The number of carbonyl (C=O) groups is 1. The summed E-state index contributed by atoms with van der Waals surface area (Å²) in [5.41, 5.74) is -0.346. The molecule has 0 aliphatic rings. The van der Waals surface area contributed by atoms with Crippen molar-refractivity contribution in [2.45, 2.75) is 32.3 Å². The van der Waals surface area contributed by atoms with Crippen LogP contribution in [0.5, 0.6) is 17.2 Å². The van der Waals surface area contributed by atoms with Crippen molar-refractivity contribution in [2.24, 2.45) is 0 Å². The van der Waals surface area contributed by atoms with Crippen LogP contribution in [0.2, 0.25) is 0 Å². The maximum absolute atomic E-state index is 11.2. The van der Waals surface area contributed by atoms with Gasteiger partial charge < -0.3 is 23.6 Å². The van der Waals surface area contributed by atoms with Crippen molar-refractivity contribution in [1.29, 1.82) is 0 Å². The quantitative estimate of drug-likeness (QED) is 0.438. The Bertz CT molecular complexity index is 902. The third-order valence-corrected chi connectivity index (χ3v) is 4.21. The predicted molar refractivity (Wildman–Crippen MR) is 102 cm³/mol. The normalized spacial score (nSPS) is 11.7. The summed E-state index contributed by atoms with van der Waals surface area (Å²) in [5, 5.41) is 11.0. The fraction of sp³-hybridized carbons (Fsp3) is 0.350. The average Bonchev–Trinajstić information content (AvgIpc) is 2.58. The summed E-state index contributed by atoms with van der Waals surface area (Å²) in [6, 6.07) is 13.6. The van der Waals surface area contributed by atoms with Crippen LogP contribution < -0.4 is 18.8 Å². The Morgan fingerprint density at radius 2 is 1.68 bits per heavy atom. The van der Waals surface area contributed by atoms with Crippen LogP contribution in [0.1, 0.15) is 25.8 Å². The number of aryl methyl sites for hydroxylation is 1. The van der Waals surface area contributed by atoms with E-state index in [0.717, 1.165) is 24.7 Å². The number of benzene rings is 2. The van der Waals surface area contributed by atoms with Gasteiger partial charge in [0.15, 0.2) is 0 Å². The van der Waals surface area contributed by atoms with E-state index in [0.29, 0.717) is 18.1 Å². The van der Waals surface area contributed by atoms with Crippen LogP contribution in [-0.4, -0.2) is 32.9 Å². The van der Waals surface area contributed by atoms with Crippen molar-refractivity contribution < 1.29 is 32.0 Å². The molecule has 7 nitrogen and oxygen atoms in total. The van der Waals surface area contributed by atoms with E-state index in [-0.39, 0.29) is 5.75 Å². The molecular weight excluding hydrogens is 384 g/mol. The van der Waals surface area contributed by atoms with Crippen LogP contribution in [0.25, 0.3) is 0 Å². The van der Waals surface area contributed by atoms with Gasteiger partial charge in [0.1, 0.15) is 22.8 Å². The lowest BCUT2D eigenvalue weighted by atomic mass is 10.1. The zero-order valence-corrected chi connectivity index (χ0v) is 16.8. The lowest BCUT2D eigenvalue weighted by Gasteiger charge is -2.27. The molecule has 28 heavy (non-hydrogen) atoms. The molecule has 0 spiro atoms. The Morgan fingerprint density at radius 3 is 2.29 bits per heavy atom. The molecular formula is C20H23O7S-. The van der Waals surface area contributed by atoms with Crippen LogP contribution >= 0.6 is 0 Å². The first-order valence-corrected chi connectivity index (χ1v) is 10.5. The zero-order chi connectivity index (χ0) is 20.8. The van der Waals surface area contributed by atoms with Gasteiger partial charge >= 0.3 is 10.1 Å². The first-order chi connectivity index (χ1) is 13.0. The topological polar surface area (TPSA) is 102 Å². The van der Waals surface area contributed by atoms with Crippen molar-refractivity contribution in [1.82, 2.24) is 0 Å². The van der Waals surface area contributed by atoms with Crippen molar-refractivity contribution in [3.8, 4) is 17.2 Å². The lowest BCUT2D eigenvalue weighted by Crippen LogP contribution is -2.47. The van der Waals surface area contributed by atoms with Crippen LogP contribution in [-0.2, 0) is 21.3 Å². The van der Waals surface area contributed by atoms with Gasteiger partial charge in [-0.1, -0.05) is 18.2 Å². The number of carboxylic acids is 1. The molecule has 0 N–H and O–H groups in total. The molecule has 2 rings (SSSR count). The number of aliphatic carboxylic acids is 1. The van der Waals surface area contributed by atoms with E-state index in [1.807, 2.05) is 12.1 Å². The fourth-order valence-corrected chi connectivity index (χ4v) is 2.77. The van der Waals surface area contributed by atoms with Gasteiger partial charge in [-0.15, -0.1) is 0 Å². The second-order valence-electron chi connectivity index (χ2n) is 6.76. The minimum atomic E-state index is -3.58. The van der Waals surface area contributed by atoms with Gasteiger partial charge in [0.25, 0.3) is 0 Å². The summed E-state index contributed by atoms with van der Waals surface area (Å²) < 4.78 is 38.2. The maximum atomic E-state index is 11.2. The molecule has 0 bridgehead atoms. The Morgan fingerprint density at radius 1 is 1.04 bits per heavy atom. The van der Waals surface area contributed by atoms with E-state index >= 15 is 0 Å². The lowest BCUT2D eigenvalue weighted by molar-refractivity contribution is -0.320. The van der Waals surface area contributed by atoms with Gasteiger partial charge in [0.05, 0.1) is 18.8 Å². The van der Waals surface area contributed by atoms with Crippen LogP contribution in [0.4, 0.5) is 0 Å². The number of carbonyl (C=O) groups excluding carboxylic acids is 1. The van der Waals surface area contributed by atoms with Crippen molar-refractivity contribution in [3.05, 3.63) is 54.1 Å². The molecule has 0 amide bonds. The van der Waals surface area contributed by atoms with Crippen molar-refractivity contribution in [3.63, 3.8) is 0 Å². The SMILES string of the molecule is CC(C)(Oc1ccc(CCCOc2cccc(OS(C)(=O)=O)c2)cc1)C(=O)[O-]. The van der Waals surface area contributed by atoms with E-state index in [1.165, 1.54) is 19.9 Å². The largest absolute Gasteiger partial charge is 0.546 e. The monoisotopic (exact) mass is 407 g/mol. The summed E-state index contributed by atoms with van der Waals surface area (Å²) in [6.45, 7) is 3.31. The minimum Gasteiger partial charge on any atom is -0.546 e. The Labute approximate surface area is 165 Å².